The van der Waals surface area contributed by atoms with Crippen molar-refractivity contribution in [2.75, 3.05) is 6.54 Å². The molecule has 0 bridgehead atoms. The summed E-state index contributed by atoms with van der Waals surface area (Å²) in [5, 5.41) is 1.99. The Labute approximate surface area is 246 Å². The van der Waals surface area contributed by atoms with Crippen LogP contribution in [0.1, 0.15) is 49.7 Å². The smallest absolute Gasteiger partial charge is 0.410 e. The van der Waals surface area contributed by atoms with Crippen LogP contribution in [0.2, 0.25) is 0 Å². The number of carbonyl (C=O) groups excluding carboxylic acids is 5. The maximum absolute atomic E-state index is 14.2. The van der Waals surface area contributed by atoms with Crippen LogP contribution in [0, 0.1) is 11.7 Å². The quantitative estimate of drug-likeness (QED) is 0.313. The summed E-state index contributed by atoms with van der Waals surface area (Å²) in [6.07, 6.45) is -0.345. The summed E-state index contributed by atoms with van der Waals surface area (Å²) >= 11 is 0. The maximum atomic E-state index is 14.2. The lowest BCUT2D eigenvalue weighted by atomic mass is 10.1. The van der Waals surface area contributed by atoms with E-state index in [0.717, 1.165) is 4.90 Å². The van der Waals surface area contributed by atoms with Crippen molar-refractivity contribution in [3.8, 4) is 0 Å². The van der Waals surface area contributed by atoms with Gasteiger partial charge in [0, 0.05) is 37.3 Å². The number of sulfonamides is 1. The van der Waals surface area contributed by atoms with Crippen LogP contribution in [0.3, 0.4) is 0 Å². The van der Waals surface area contributed by atoms with Gasteiger partial charge in [0.25, 0.3) is 11.8 Å². The second-order valence-corrected chi connectivity index (χ2v) is 13.6. The normalized spacial score (nSPS) is 29.5. The van der Waals surface area contributed by atoms with Gasteiger partial charge in [0.1, 0.15) is 23.5 Å². The fraction of sp³-hybridized carbons (Fsp3) is 0.536. The van der Waals surface area contributed by atoms with Gasteiger partial charge in [0.2, 0.25) is 15.9 Å². The third kappa shape index (κ3) is 5.45. The number of fused-ring (bicyclic) bond motifs is 1. The standard InChI is InChI=1S/C28H31FN4O9S/c1-2-16-11-28(16,26(37)31-43(39,40)18-6-7-18)30-24(35)21-10-17(13-33(21)25(36)22-8-9-23(34)42-22)41-27(38)32-12-15-4-3-5-20(29)19(15)14-32/h2-5,16-18,21-22H,1,6-14H2,(H,30,35)(H,31,37)/t16?,17-,21+,22+,28-/m1/s1. The largest absolute Gasteiger partial charge is 0.452 e. The first-order valence-electron chi connectivity index (χ1n) is 14.1. The molecule has 5 atom stereocenters. The van der Waals surface area contributed by atoms with Crippen LogP contribution in [0.25, 0.3) is 0 Å². The van der Waals surface area contributed by atoms with Crippen molar-refractivity contribution in [2.24, 2.45) is 5.92 Å². The number of amides is 4. The number of nitrogens with zero attached hydrogens (tertiary/aromatic N) is 2. The van der Waals surface area contributed by atoms with Crippen molar-refractivity contribution in [3.05, 3.63) is 47.8 Å². The molecule has 1 aromatic carbocycles. The summed E-state index contributed by atoms with van der Waals surface area (Å²) in [4.78, 5) is 67.4. The highest BCUT2D eigenvalue weighted by atomic mass is 32.2. The van der Waals surface area contributed by atoms with E-state index in [1.807, 2.05) is 0 Å². The van der Waals surface area contributed by atoms with Gasteiger partial charge in [-0.15, -0.1) is 6.58 Å². The molecule has 4 amide bonds. The highest BCUT2D eigenvalue weighted by Gasteiger charge is 2.62. The van der Waals surface area contributed by atoms with Crippen molar-refractivity contribution in [3.63, 3.8) is 0 Å². The molecule has 6 rings (SSSR count). The van der Waals surface area contributed by atoms with Gasteiger partial charge in [-0.2, -0.15) is 0 Å². The number of ether oxygens (including phenoxy) is 2. The molecule has 4 fully saturated rings. The molecule has 0 spiro atoms. The van der Waals surface area contributed by atoms with Crippen LogP contribution < -0.4 is 10.0 Å². The number of likely N-dealkylation sites (tertiary alicyclic amines) is 1. The zero-order valence-corrected chi connectivity index (χ0v) is 23.9. The molecule has 3 heterocycles. The number of rotatable bonds is 8. The highest BCUT2D eigenvalue weighted by Crippen LogP contribution is 2.45. The average molecular weight is 619 g/mol. The molecule has 1 aromatic rings. The van der Waals surface area contributed by atoms with Crippen molar-refractivity contribution in [1.82, 2.24) is 19.8 Å². The van der Waals surface area contributed by atoms with Gasteiger partial charge < -0.3 is 19.7 Å². The molecular weight excluding hydrogens is 587 g/mol. The molecule has 15 heteroatoms. The van der Waals surface area contributed by atoms with Gasteiger partial charge in [-0.3, -0.25) is 28.8 Å². The Bertz CT molecular complexity index is 1530. The van der Waals surface area contributed by atoms with E-state index in [1.165, 1.54) is 17.0 Å². The van der Waals surface area contributed by atoms with E-state index in [-0.39, 0.29) is 45.3 Å². The molecule has 0 aromatic heterocycles. The molecule has 5 aliphatic rings. The van der Waals surface area contributed by atoms with Crippen LogP contribution in [0.4, 0.5) is 9.18 Å². The Morgan fingerprint density at radius 2 is 1.93 bits per heavy atom. The Morgan fingerprint density at radius 1 is 1.16 bits per heavy atom. The number of esters is 1. The molecule has 2 saturated heterocycles. The second-order valence-electron chi connectivity index (χ2n) is 11.7. The number of benzene rings is 1. The minimum absolute atomic E-state index is 0.00246. The predicted molar refractivity (Wildman–Crippen MR) is 144 cm³/mol. The third-order valence-electron chi connectivity index (χ3n) is 8.71. The van der Waals surface area contributed by atoms with Crippen molar-refractivity contribution >= 4 is 39.8 Å². The Morgan fingerprint density at radius 3 is 2.56 bits per heavy atom. The Kier molecular flexibility index (Phi) is 7.18. The summed E-state index contributed by atoms with van der Waals surface area (Å²) in [6.45, 7) is 3.62. The van der Waals surface area contributed by atoms with Crippen LogP contribution in [0.5, 0.6) is 0 Å². The van der Waals surface area contributed by atoms with E-state index in [9.17, 15) is 36.8 Å². The summed E-state index contributed by atoms with van der Waals surface area (Å²) in [7, 11) is -3.89. The molecule has 3 aliphatic heterocycles. The third-order valence-corrected chi connectivity index (χ3v) is 10.5. The zero-order chi connectivity index (χ0) is 30.7. The Hall–Kier alpha value is -4.01. The molecule has 230 valence electrons. The minimum atomic E-state index is -3.89. The topological polar surface area (TPSA) is 168 Å². The lowest BCUT2D eigenvalue weighted by Gasteiger charge is -2.27. The summed E-state index contributed by atoms with van der Waals surface area (Å²) in [5.41, 5.74) is -0.541. The molecule has 1 unspecified atom stereocenters. The maximum Gasteiger partial charge on any atom is 0.410 e. The highest BCUT2D eigenvalue weighted by molar-refractivity contribution is 7.91. The van der Waals surface area contributed by atoms with E-state index in [2.05, 4.69) is 16.6 Å². The predicted octanol–water partition coefficient (Wildman–Crippen LogP) is 0.622. The SMILES string of the molecule is C=CC1C[C@]1(NC(=O)[C@@H]1C[C@@H](OC(=O)N2Cc3cccc(F)c3C2)CN1C(=O)[C@@H]1CCC(=O)O1)C(=O)NS(=O)(=O)C1CC1. The summed E-state index contributed by atoms with van der Waals surface area (Å²) < 4.78 is 51.9. The molecule has 0 radical (unpaired) electrons. The van der Waals surface area contributed by atoms with Gasteiger partial charge in [-0.25, -0.2) is 17.6 Å². The monoisotopic (exact) mass is 618 g/mol. The van der Waals surface area contributed by atoms with Crippen molar-refractivity contribution in [1.29, 1.82) is 0 Å². The van der Waals surface area contributed by atoms with E-state index in [1.54, 1.807) is 12.1 Å². The van der Waals surface area contributed by atoms with Gasteiger partial charge in [-0.05, 0) is 30.9 Å². The molecular formula is C28H31FN4O9S. The second kappa shape index (κ2) is 10.6. The summed E-state index contributed by atoms with van der Waals surface area (Å²) in [6, 6.07) is 3.35. The van der Waals surface area contributed by atoms with Crippen molar-refractivity contribution < 1.29 is 46.3 Å². The number of cyclic esters (lactones) is 1. The number of hydrogen-bond donors (Lipinski definition) is 2. The number of hydrogen-bond acceptors (Lipinski definition) is 9. The molecule has 2 aliphatic carbocycles. The first-order chi connectivity index (χ1) is 20.4. The van der Waals surface area contributed by atoms with Crippen LogP contribution in [-0.4, -0.2) is 83.6 Å². The first-order valence-corrected chi connectivity index (χ1v) is 15.7. The molecule has 43 heavy (non-hydrogen) atoms. The zero-order valence-electron chi connectivity index (χ0n) is 23.1. The minimum Gasteiger partial charge on any atom is -0.452 e. The molecule has 13 nitrogen and oxygen atoms in total. The van der Waals surface area contributed by atoms with Crippen LogP contribution in [0.15, 0.2) is 30.9 Å². The van der Waals surface area contributed by atoms with Gasteiger partial charge in [-0.1, -0.05) is 18.2 Å². The average Bonchev–Trinajstić information content (AvgIpc) is 3.78. The van der Waals surface area contributed by atoms with Crippen LogP contribution >= 0.6 is 0 Å². The number of nitrogens with one attached hydrogen (secondary N) is 2. The summed E-state index contributed by atoms with van der Waals surface area (Å²) in [5.74, 6) is -3.82. The first kappa shape index (κ1) is 29.1. The molecule has 2 saturated carbocycles. The number of halogens is 1. The van der Waals surface area contributed by atoms with Crippen LogP contribution in [-0.2, 0) is 51.8 Å². The van der Waals surface area contributed by atoms with E-state index in [0.29, 0.717) is 24.0 Å². The molecule has 2 N–H and O–H groups in total. The van der Waals surface area contributed by atoms with E-state index in [4.69, 9.17) is 9.47 Å². The van der Waals surface area contributed by atoms with Gasteiger partial charge >= 0.3 is 12.1 Å². The lowest BCUT2D eigenvalue weighted by molar-refractivity contribution is -0.154. The van der Waals surface area contributed by atoms with E-state index >= 15 is 0 Å². The fourth-order valence-electron chi connectivity index (χ4n) is 6.01. The van der Waals surface area contributed by atoms with E-state index < -0.39 is 80.6 Å². The van der Waals surface area contributed by atoms with Gasteiger partial charge in [0.05, 0.1) is 18.3 Å². The van der Waals surface area contributed by atoms with Gasteiger partial charge in [0.15, 0.2) is 6.10 Å². The van der Waals surface area contributed by atoms with Crippen molar-refractivity contribution in [2.45, 2.75) is 80.7 Å². The number of carbonyl (C=O) groups is 5. The Balaban J connectivity index is 1.17. The fourth-order valence-corrected chi connectivity index (χ4v) is 7.37. The lowest BCUT2D eigenvalue weighted by Crippen LogP contribution is -2.57.